The minimum absolute atomic E-state index is 0.0780. The van der Waals surface area contributed by atoms with Crippen molar-refractivity contribution >= 4 is 17.9 Å². The van der Waals surface area contributed by atoms with Crippen molar-refractivity contribution in [2.75, 3.05) is 13.2 Å². The Labute approximate surface area is 465 Å². The van der Waals surface area contributed by atoms with Crippen LogP contribution in [-0.4, -0.2) is 37.2 Å². The summed E-state index contributed by atoms with van der Waals surface area (Å²) in [5.41, 5.74) is 0. The van der Waals surface area contributed by atoms with Crippen molar-refractivity contribution in [3.05, 3.63) is 72.9 Å². The molecule has 0 aliphatic carbocycles. The predicted octanol–water partition coefficient (Wildman–Crippen LogP) is 22.1. The lowest BCUT2D eigenvalue weighted by Crippen LogP contribution is -2.30. The van der Waals surface area contributed by atoms with E-state index < -0.39 is 6.10 Å². The van der Waals surface area contributed by atoms with E-state index in [0.29, 0.717) is 19.3 Å². The molecule has 0 saturated heterocycles. The monoisotopic (exact) mass is 1050 g/mol. The molecule has 0 amide bonds. The van der Waals surface area contributed by atoms with Crippen molar-refractivity contribution in [1.82, 2.24) is 0 Å². The molecule has 0 radical (unpaired) electrons. The summed E-state index contributed by atoms with van der Waals surface area (Å²) >= 11 is 0. The van der Waals surface area contributed by atoms with Crippen LogP contribution in [0, 0.1) is 0 Å². The quantitative estimate of drug-likeness (QED) is 0.0261. The average Bonchev–Trinajstić information content (AvgIpc) is 3.41. The molecule has 0 aliphatic rings. The molecule has 0 heterocycles. The topological polar surface area (TPSA) is 78.9 Å². The number of hydrogen-bond donors (Lipinski definition) is 0. The van der Waals surface area contributed by atoms with Gasteiger partial charge in [0.25, 0.3) is 0 Å². The molecule has 0 saturated carbocycles. The number of hydrogen-bond acceptors (Lipinski definition) is 6. The Balaban J connectivity index is 4.33. The molecule has 0 aliphatic heterocycles. The van der Waals surface area contributed by atoms with Crippen LogP contribution >= 0.6 is 0 Å². The predicted molar refractivity (Wildman–Crippen MR) is 325 cm³/mol. The van der Waals surface area contributed by atoms with Gasteiger partial charge in [0.1, 0.15) is 13.2 Å². The molecule has 434 valence electrons. The molecule has 0 aromatic carbocycles. The Morgan fingerprint density at radius 1 is 0.280 bits per heavy atom. The van der Waals surface area contributed by atoms with Gasteiger partial charge in [0, 0.05) is 19.3 Å². The lowest BCUT2D eigenvalue weighted by Gasteiger charge is -2.18. The van der Waals surface area contributed by atoms with Crippen LogP contribution in [0.1, 0.15) is 329 Å². The number of esters is 3. The highest BCUT2D eigenvalue weighted by atomic mass is 16.6. The van der Waals surface area contributed by atoms with Gasteiger partial charge in [-0.1, -0.05) is 293 Å². The Morgan fingerprint density at radius 3 is 0.827 bits per heavy atom. The van der Waals surface area contributed by atoms with E-state index in [-0.39, 0.29) is 31.1 Å². The summed E-state index contributed by atoms with van der Waals surface area (Å²) in [6, 6.07) is 0. The summed E-state index contributed by atoms with van der Waals surface area (Å²) in [6.45, 7) is 6.55. The second kappa shape index (κ2) is 63.4. The van der Waals surface area contributed by atoms with Crippen molar-refractivity contribution in [3.63, 3.8) is 0 Å². The van der Waals surface area contributed by atoms with E-state index in [1.165, 1.54) is 186 Å². The smallest absolute Gasteiger partial charge is 0.306 e. The second-order valence-electron chi connectivity index (χ2n) is 21.6. The van der Waals surface area contributed by atoms with E-state index in [9.17, 15) is 14.4 Å². The fraction of sp³-hybridized carbons (Fsp3) is 0.783. The Bertz CT molecular complexity index is 1390. The van der Waals surface area contributed by atoms with Crippen molar-refractivity contribution in [3.8, 4) is 0 Å². The van der Waals surface area contributed by atoms with Gasteiger partial charge >= 0.3 is 17.9 Å². The third-order valence-electron chi connectivity index (χ3n) is 14.2. The normalized spacial score (nSPS) is 12.5. The van der Waals surface area contributed by atoms with Gasteiger partial charge in [-0.2, -0.15) is 0 Å². The average molecular weight is 1050 g/mol. The lowest BCUT2D eigenvalue weighted by molar-refractivity contribution is -0.167. The maximum atomic E-state index is 12.9. The van der Waals surface area contributed by atoms with Gasteiger partial charge in [-0.3, -0.25) is 14.4 Å². The summed E-state index contributed by atoms with van der Waals surface area (Å²) in [4.78, 5) is 38.3. The van der Waals surface area contributed by atoms with Crippen LogP contribution in [0.25, 0.3) is 0 Å². The molecule has 0 aromatic heterocycles. The largest absolute Gasteiger partial charge is 0.462 e. The van der Waals surface area contributed by atoms with Crippen LogP contribution in [-0.2, 0) is 28.6 Å². The molecule has 6 nitrogen and oxygen atoms in total. The van der Waals surface area contributed by atoms with Crippen LogP contribution in [0.4, 0.5) is 0 Å². The first kappa shape index (κ1) is 71.8. The number of carbonyl (C=O) groups is 3. The van der Waals surface area contributed by atoms with Gasteiger partial charge in [-0.15, -0.1) is 0 Å². The zero-order valence-corrected chi connectivity index (χ0v) is 49.8. The highest BCUT2D eigenvalue weighted by molar-refractivity contribution is 5.71. The maximum Gasteiger partial charge on any atom is 0.306 e. The molecule has 75 heavy (non-hydrogen) atoms. The van der Waals surface area contributed by atoms with Crippen molar-refractivity contribution < 1.29 is 28.6 Å². The zero-order valence-electron chi connectivity index (χ0n) is 49.8. The third-order valence-corrected chi connectivity index (χ3v) is 14.2. The number of allylic oxidation sites excluding steroid dienone is 12. The molecular formula is C69H122O6. The van der Waals surface area contributed by atoms with Crippen LogP contribution < -0.4 is 0 Å². The van der Waals surface area contributed by atoms with E-state index >= 15 is 0 Å². The molecule has 1 atom stereocenters. The van der Waals surface area contributed by atoms with Gasteiger partial charge in [0.05, 0.1) is 0 Å². The van der Waals surface area contributed by atoms with Gasteiger partial charge in [0.15, 0.2) is 6.10 Å². The van der Waals surface area contributed by atoms with E-state index in [1.54, 1.807) is 0 Å². The second-order valence-corrected chi connectivity index (χ2v) is 21.6. The standard InChI is InChI=1S/C69H122O6/c1-4-7-10-13-16-19-22-25-28-30-31-32-33-34-35-36-37-39-41-44-47-50-53-56-59-62-68(71)74-65-66(64-73-67(70)61-58-55-52-49-46-43-40-27-24-21-18-15-12-9-6-3)75-69(72)63-60-57-54-51-48-45-42-38-29-26-23-20-17-14-11-8-5-2/h7,10,16,19,25,27-28,31-32,34-35,40,66H,4-6,8-9,11-15,17-18,20-24,26,29-30,33,36-39,41-65H2,1-3H3/b10-7-,19-16-,28-25-,32-31-,35-34-,40-27-. The molecule has 0 N–H and O–H groups in total. The minimum atomic E-state index is -0.780. The van der Waals surface area contributed by atoms with Crippen LogP contribution in [0.3, 0.4) is 0 Å². The van der Waals surface area contributed by atoms with Gasteiger partial charge in [0.2, 0.25) is 0 Å². The number of ether oxygens (including phenoxy) is 3. The SMILES string of the molecule is CC/C=C\C/C=C\C/C=C\C/C=C\C/C=C\CCCCCCCCCCCC(=O)OCC(COC(=O)CCCCCCC/C=C\CCCCCCCC)OC(=O)CCCCCCCCCCCCCCCCCCC. The molecule has 0 fully saturated rings. The summed E-state index contributed by atoms with van der Waals surface area (Å²) in [6.07, 6.45) is 81.9. The first-order chi connectivity index (χ1) is 37.0. The molecule has 0 spiro atoms. The minimum Gasteiger partial charge on any atom is -0.462 e. The van der Waals surface area contributed by atoms with Crippen molar-refractivity contribution in [2.45, 2.75) is 335 Å². The fourth-order valence-electron chi connectivity index (χ4n) is 9.35. The Morgan fingerprint density at radius 2 is 0.520 bits per heavy atom. The third kappa shape index (κ3) is 61.6. The highest BCUT2D eigenvalue weighted by Gasteiger charge is 2.19. The Kier molecular flexibility index (Phi) is 60.7. The molecule has 0 rings (SSSR count). The van der Waals surface area contributed by atoms with E-state index in [2.05, 4.69) is 93.7 Å². The zero-order chi connectivity index (χ0) is 54.3. The number of unbranched alkanes of at least 4 members (excludes halogenated alkanes) is 36. The Hall–Kier alpha value is -3.15. The highest BCUT2D eigenvalue weighted by Crippen LogP contribution is 2.17. The van der Waals surface area contributed by atoms with E-state index in [4.69, 9.17) is 14.2 Å². The van der Waals surface area contributed by atoms with E-state index in [0.717, 1.165) is 103 Å². The summed E-state index contributed by atoms with van der Waals surface area (Å²) in [5, 5.41) is 0. The summed E-state index contributed by atoms with van der Waals surface area (Å²) in [5.74, 6) is -0.874. The summed E-state index contributed by atoms with van der Waals surface area (Å²) in [7, 11) is 0. The number of carbonyl (C=O) groups excluding carboxylic acids is 3. The first-order valence-corrected chi connectivity index (χ1v) is 32.4. The van der Waals surface area contributed by atoms with Crippen molar-refractivity contribution in [1.29, 1.82) is 0 Å². The molecule has 1 unspecified atom stereocenters. The van der Waals surface area contributed by atoms with Crippen LogP contribution in [0.15, 0.2) is 72.9 Å². The lowest BCUT2D eigenvalue weighted by atomic mass is 10.0. The van der Waals surface area contributed by atoms with Crippen molar-refractivity contribution in [2.24, 2.45) is 0 Å². The maximum absolute atomic E-state index is 12.9. The summed E-state index contributed by atoms with van der Waals surface area (Å²) < 4.78 is 16.9. The van der Waals surface area contributed by atoms with Gasteiger partial charge in [-0.05, 0) is 89.9 Å². The molecule has 0 aromatic rings. The van der Waals surface area contributed by atoms with Crippen LogP contribution in [0.5, 0.6) is 0 Å². The molecule has 6 heteroatoms. The van der Waals surface area contributed by atoms with Crippen LogP contribution in [0.2, 0.25) is 0 Å². The molecular weight excluding hydrogens is 925 g/mol. The van der Waals surface area contributed by atoms with E-state index in [1.807, 2.05) is 0 Å². The molecule has 0 bridgehead atoms. The van der Waals surface area contributed by atoms with Gasteiger partial charge < -0.3 is 14.2 Å². The number of rotatable bonds is 59. The fourth-order valence-corrected chi connectivity index (χ4v) is 9.35. The first-order valence-electron chi connectivity index (χ1n) is 32.4. The van der Waals surface area contributed by atoms with Gasteiger partial charge in [-0.25, -0.2) is 0 Å².